The zero-order valence-electron chi connectivity index (χ0n) is 18.8. The molecule has 0 spiro atoms. The maximum Gasteiger partial charge on any atom is 0.262 e. The molecule has 7 nitrogen and oxygen atoms in total. The Bertz CT molecular complexity index is 1240. The highest BCUT2D eigenvalue weighted by Gasteiger charge is 2.23. The highest BCUT2D eigenvalue weighted by molar-refractivity contribution is 7.92. The van der Waals surface area contributed by atoms with Gasteiger partial charge in [-0.3, -0.25) is 9.71 Å². The smallest absolute Gasteiger partial charge is 0.262 e. The molecule has 0 radical (unpaired) electrons. The fraction of sp³-hybridized carbons (Fsp3) is 0.391. The van der Waals surface area contributed by atoms with Crippen LogP contribution in [0.25, 0.3) is 10.4 Å². The topological polar surface area (TPSA) is 93.2 Å². The molecule has 3 heterocycles. The molecule has 0 bridgehead atoms. The van der Waals surface area contributed by atoms with E-state index in [4.69, 9.17) is 21.3 Å². The minimum absolute atomic E-state index is 0.192. The number of sulfonamides is 1. The number of rotatable bonds is 7. The van der Waals surface area contributed by atoms with Gasteiger partial charge < -0.3 is 10.1 Å². The zero-order valence-corrected chi connectivity index (χ0v) is 21.1. The van der Waals surface area contributed by atoms with Gasteiger partial charge in [-0.25, -0.2) is 13.4 Å². The minimum Gasteiger partial charge on any atom is -0.381 e. The molecule has 3 aromatic rings. The second kappa shape index (κ2) is 9.97. The van der Waals surface area contributed by atoms with Gasteiger partial charge in [0.1, 0.15) is 0 Å². The Labute approximate surface area is 203 Å². The fourth-order valence-corrected chi connectivity index (χ4v) is 6.54. The Kier molecular flexibility index (Phi) is 7.23. The van der Waals surface area contributed by atoms with Crippen LogP contribution in [0.5, 0.6) is 0 Å². The lowest BCUT2D eigenvalue weighted by molar-refractivity contribution is 0.0622. The van der Waals surface area contributed by atoms with E-state index >= 15 is 0 Å². The largest absolute Gasteiger partial charge is 0.381 e. The van der Waals surface area contributed by atoms with Gasteiger partial charge in [-0.1, -0.05) is 35.1 Å². The summed E-state index contributed by atoms with van der Waals surface area (Å²) in [7, 11) is -3.85. The normalized spacial score (nSPS) is 15.9. The summed E-state index contributed by atoms with van der Waals surface area (Å²) in [5, 5.41) is 4.66. The van der Waals surface area contributed by atoms with Crippen molar-refractivity contribution in [3.63, 3.8) is 0 Å². The Morgan fingerprint density at radius 2 is 1.97 bits per heavy atom. The number of hydrogen-bond acceptors (Lipinski definition) is 7. The molecule has 1 fully saturated rings. The third-order valence-corrected chi connectivity index (χ3v) is 8.85. The number of aromatic nitrogens is 2. The van der Waals surface area contributed by atoms with E-state index in [9.17, 15) is 8.42 Å². The van der Waals surface area contributed by atoms with Gasteiger partial charge in [0.15, 0.2) is 5.13 Å². The SMILES string of the molecule is Cc1ccc(-c2sc(NC(C)C3CCOCC3)nc2C)cc1S(=O)(=O)Nc1cnccc1Cl. The molecule has 4 rings (SSSR count). The Morgan fingerprint density at radius 1 is 1.21 bits per heavy atom. The minimum atomic E-state index is -3.85. The summed E-state index contributed by atoms with van der Waals surface area (Å²) in [6, 6.07) is 7.26. The summed E-state index contributed by atoms with van der Waals surface area (Å²) >= 11 is 7.66. The van der Waals surface area contributed by atoms with E-state index in [2.05, 4.69) is 21.9 Å². The molecule has 2 aromatic heterocycles. The lowest BCUT2D eigenvalue weighted by Crippen LogP contribution is -2.30. The molecule has 176 valence electrons. The molecule has 33 heavy (non-hydrogen) atoms. The third-order valence-electron chi connectivity index (χ3n) is 5.87. The maximum absolute atomic E-state index is 13.1. The van der Waals surface area contributed by atoms with Crippen molar-refractivity contribution in [2.45, 2.75) is 44.6 Å². The third kappa shape index (κ3) is 5.48. The van der Waals surface area contributed by atoms with Crippen molar-refractivity contribution in [2.24, 2.45) is 5.92 Å². The van der Waals surface area contributed by atoms with Crippen molar-refractivity contribution in [3.8, 4) is 10.4 Å². The average Bonchev–Trinajstić information content (AvgIpc) is 3.16. The van der Waals surface area contributed by atoms with Crippen LogP contribution in [0.3, 0.4) is 0 Å². The van der Waals surface area contributed by atoms with E-state index in [1.165, 1.54) is 23.7 Å². The van der Waals surface area contributed by atoms with Gasteiger partial charge in [-0.2, -0.15) is 0 Å². The van der Waals surface area contributed by atoms with E-state index in [0.717, 1.165) is 47.3 Å². The quantitative estimate of drug-likeness (QED) is 0.439. The summed E-state index contributed by atoms with van der Waals surface area (Å²) in [6.45, 7) is 7.50. The number of halogens is 1. The van der Waals surface area contributed by atoms with Crippen LogP contribution in [-0.4, -0.2) is 37.6 Å². The van der Waals surface area contributed by atoms with Gasteiger partial charge >= 0.3 is 0 Å². The van der Waals surface area contributed by atoms with Gasteiger partial charge in [0, 0.05) is 25.5 Å². The fourth-order valence-electron chi connectivity index (χ4n) is 3.94. The molecule has 1 saturated heterocycles. The summed E-state index contributed by atoms with van der Waals surface area (Å²) < 4.78 is 34.3. The van der Waals surface area contributed by atoms with Gasteiger partial charge in [0.2, 0.25) is 0 Å². The summed E-state index contributed by atoms with van der Waals surface area (Å²) in [6.07, 6.45) is 4.98. The number of benzene rings is 1. The number of nitrogens with zero attached hydrogens (tertiary/aromatic N) is 2. The first-order valence-corrected chi connectivity index (χ1v) is 13.5. The molecular weight excluding hydrogens is 480 g/mol. The second-order valence-corrected chi connectivity index (χ2v) is 11.3. The van der Waals surface area contributed by atoms with E-state index in [0.29, 0.717) is 11.5 Å². The van der Waals surface area contributed by atoms with Crippen LogP contribution >= 0.6 is 22.9 Å². The van der Waals surface area contributed by atoms with Crippen LogP contribution in [0.15, 0.2) is 41.6 Å². The maximum atomic E-state index is 13.1. The van der Waals surface area contributed by atoms with Crippen molar-refractivity contribution < 1.29 is 13.2 Å². The molecule has 0 aliphatic carbocycles. The van der Waals surface area contributed by atoms with E-state index in [-0.39, 0.29) is 21.6 Å². The van der Waals surface area contributed by atoms with Crippen LogP contribution in [0.4, 0.5) is 10.8 Å². The van der Waals surface area contributed by atoms with E-state index in [1.54, 1.807) is 19.1 Å². The lowest BCUT2D eigenvalue weighted by Gasteiger charge is -2.28. The molecule has 1 aromatic carbocycles. The number of thiazole rings is 1. The summed E-state index contributed by atoms with van der Waals surface area (Å²) in [5.74, 6) is 0.549. The lowest BCUT2D eigenvalue weighted by atomic mass is 9.93. The molecule has 2 N–H and O–H groups in total. The van der Waals surface area contributed by atoms with Gasteiger partial charge in [-0.15, -0.1) is 0 Å². The standard InChI is InChI=1S/C23H27ClN4O3S2/c1-14-4-5-18(12-21(14)33(29,30)28-20-13-25-9-6-19(20)24)22-16(3)27-23(32-22)26-15(2)17-7-10-31-11-8-17/h4-6,9,12-13,15,17,28H,7-8,10-11H2,1-3H3,(H,26,27). The summed E-state index contributed by atoms with van der Waals surface area (Å²) in [5.41, 5.74) is 2.55. The number of pyridine rings is 1. The Balaban J connectivity index is 1.59. The molecule has 10 heteroatoms. The van der Waals surface area contributed by atoms with Gasteiger partial charge in [-0.05, 0) is 62.8 Å². The first-order chi connectivity index (χ1) is 15.7. The van der Waals surface area contributed by atoms with Crippen molar-refractivity contribution in [1.82, 2.24) is 9.97 Å². The van der Waals surface area contributed by atoms with Gasteiger partial charge in [0.25, 0.3) is 10.0 Å². The molecule has 0 amide bonds. The summed E-state index contributed by atoms with van der Waals surface area (Å²) in [4.78, 5) is 9.78. The Morgan fingerprint density at radius 3 is 2.70 bits per heavy atom. The first kappa shape index (κ1) is 23.9. The predicted octanol–water partition coefficient (Wildman–Crippen LogP) is 5.50. The molecular formula is C23H27ClN4O3S2. The molecule has 1 aliphatic heterocycles. The number of nitrogens with one attached hydrogen (secondary N) is 2. The van der Waals surface area contributed by atoms with Crippen molar-refractivity contribution >= 4 is 43.8 Å². The molecule has 1 unspecified atom stereocenters. The van der Waals surface area contributed by atoms with E-state index < -0.39 is 10.0 Å². The second-order valence-electron chi connectivity index (χ2n) is 8.26. The highest BCUT2D eigenvalue weighted by Crippen LogP contribution is 2.36. The molecule has 1 aliphatic rings. The van der Waals surface area contributed by atoms with Crippen molar-refractivity contribution in [2.75, 3.05) is 23.3 Å². The number of hydrogen-bond donors (Lipinski definition) is 2. The van der Waals surface area contributed by atoms with E-state index in [1.807, 2.05) is 19.1 Å². The molecule has 1 atom stereocenters. The average molecular weight is 507 g/mol. The Hall–Kier alpha value is -2.20. The van der Waals surface area contributed by atoms with Crippen molar-refractivity contribution in [1.29, 1.82) is 0 Å². The van der Waals surface area contributed by atoms with Crippen LogP contribution < -0.4 is 10.0 Å². The first-order valence-electron chi connectivity index (χ1n) is 10.8. The van der Waals surface area contributed by atoms with Crippen LogP contribution in [0, 0.1) is 19.8 Å². The van der Waals surface area contributed by atoms with Crippen LogP contribution in [-0.2, 0) is 14.8 Å². The number of aryl methyl sites for hydroxylation is 2. The van der Waals surface area contributed by atoms with Crippen LogP contribution in [0.1, 0.15) is 31.0 Å². The molecule has 0 saturated carbocycles. The number of anilines is 2. The number of ether oxygens (including phenoxy) is 1. The zero-order chi connectivity index (χ0) is 23.6. The monoisotopic (exact) mass is 506 g/mol. The predicted molar refractivity (Wildman–Crippen MR) is 134 cm³/mol. The van der Waals surface area contributed by atoms with Crippen LogP contribution in [0.2, 0.25) is 5.02 Å². The highest BCUT2D eigenvalue weighted by atomic mass is 35.5. The van der Waals surface area contributed by atoms with Gasteiger partial charge in [0.05, 0.1) is 32.4 Å². The van der Waals surface area contributed by atoms with Crippen molar-refractivity contribution in [3.05, 3.63) is 52.9 Å².